The van der Waals surface area contributed by atoms with Gasteiger partial charge in [-0.05, 0) is 17.5 Å². The fourth-order valence-corrected chi connectivity index (χ4v) is 3.54. The third-order valence-electron chi connectivity index (χ3n) is 3.85. The second-order valence-corrected chi connectivity index (χ2v) is 6.06. The maximum atomic E-state index is 12.5. The van der Waals surface area contributed by atoms with Gasteiger partial charge in [-0.2, -0.15) is 5.10 Å². The number of hydrogen-bond donors (Lipinski definition) is 0. The van der Waals surface area contributed by atoms with Crippen LogP contribution in [0.25, 0.3) is 15.7 Å². The van der Waals surface area contributed by atoms with Crippen LogP contribution in [0.2, 0.25) is 0 Å². The summed E-state index contributed by atoms with van der Waals surface area (Å²) in [6, 6.07) is 3.81. The molecule has 4 rings (SSSR count). The third-order valence-corrected chi connectivity index (χ3v) is 4.78. The predicted octanol–water partition coefficient (Wildman–Crippen LogP) is 0.570. The smallest absolute Gasteiger partial charge is 0.291 e. The molecule has 0 aliphatic carbocycles. The molecule has 0 unspecified atom stereocenters. The summed E-state index contributed by atoms with van der Waals surface area (Å²) in [7, 11) is 0. The number of hydrogen-bond acceptors (Lipinski definition) is 5. The average Bonchev–Trinajstić information content (AvgIpc) is 3.12. The molecule has 22 heavy (non-hydrogen) atoms. The highest BCUT2D eigenvalue weighted by Crippen LogP contribution is 2.22. The summed E-state index contributed by atoms with van der Waals surface area (Å²) in [5, 5.41) is 7.13. The first-order valence-corrected chi connectivity index (χ1v) is 7.92. The zero-order valence-electron chi connectivity index (χ0n) is 11.8. The topological polar surface area (TPSA) is 68.8 Å². The van der Waals surface area contributed by atoms with Gasteiger partial charge in [0.1, 0.15) is 23.2 Å². The molecule has 1 fully saturated rings. The van der Waals surface area contributed by atoms with E-state index in [0.29, 0.717) is 31.8 Å². The number of rotatable bonds is 2. The molecule has 1 saturated heterocycles. The Kier molecular flexibility index (Phi) is 3.20. The number of morpholine rings is 1. The summed E-state index contributed by atoms with van der Waals surface area (Å²) in [5.74, 6) is -0.101. The third kappa shape index (κ3) is 2.11. The molecule has 1 aliphatic rings. The quantitative estimate of drug-likeness (QED) is 0.693. The van der Waals surface area contributed by atoms with E-state index in [1.807, 2.05) is 17.5 Å². The number of nitrogens with zero attached hydrogens (tertiary/aromatic N) is 4. The Morgan fingerprint density at radius 1 is 1.36 bits per heavy atom. The Bertz CT molecular complexity index is 904. The van der Waals surface area contributed by atoms with Gasteiger partial charge >= 0.3 is 0 Å². The molecule has 3 aromatic rings. The zero-order valence-corrected chi connectivity index (χ0v) is 12.6. The van der Waals surface area contributed by atoms with Crippen molar-refractivity contribution in [2.45, 2.75) is 6.54 Å². The minimum absolute atomic E-state index is 0.0336. The Balaban J connectivity index is 1.68. The zero-order chi connectivity index (χ0) is 15.1. The van der Waals surface area contributed by atoms with Crippen molar-refractivity contribution in [3.05, 3.63) is 34.2 Å². The minimum atomic E-state index is -0.243. The molecule has 0 radical (unpaired) electrons. The Morgan fingerprint density at radius 2 is 2.18 bits per heavy atom. The van der Waals surface area contributed by atoms with Crippen molar-refractivity contribution in [1.29, 1.82) is 0 Å². The molecule has 0 N–H and O–H groups in total. The van der Waals surface area contributed by atoms with Crippen molar-refractivity contribution < 1.29 is 9.53 Å². The number of fused-ring (bicyclic) bond motifs is 3. The van der Waals surface area contributed by atoms with E-state index in [1.165, 1.54) is 4.68 Å². The number of amides is 1. The van der Waals surface area contributed by atoms with Crippen LogP contribution in [0.15, 0.2) is 28.6 Å². The van der Waals surface area contributed by atoms with Crippen molar-refractivity contribution in [1.82, 2.24) is 19.1 Å². The van der Waals surface area contributed by atoms with Gasteiger partial charge in [-0.25, -0.2) is 4.68 Å². The first kappa shape index (κ1) is 13.5. The summed E-state index contributed by atoms with van der Waals surface area (Å²) < 4.78 is 8.23. The van der Waals surface area contributed by atoms with Gasteiger partial charge in [0.05, 0.1) is 13.2 Å². The molecule has 4 heterocycles. The number of carbonyl (C=O) groups excluding carboxylic acids is 1. The molecular formula is C14H14N4O3S. The normalized spacial score (nSPS) is 15.7. The summed E-state index contributed by atoms with van der Waals surface area (Å²) in [6.07, 6.45) is 1.60. The van der Waals surface area contributed by atoms with Crippen LogP contribution >= 0.6 is 11.3 Å². The highest BCUT2D eigenvalue weighted by Gasteiger charge is 2.19. The van der Waals surface area contributed by atoms with Gasteiger partial charge in [0, 0.05) is 18.5 Å². The molecule has 8 heteroatoms. The van der Waals surface area contributed by atoms with Crippen molar-refractivity contribution >= 4 is 33.0 Å². The molecule has 0 bridgehead atoms. The molecule has 0 atom stereocenters. The molecule has 0 spiro atoms. The van der Waals surface area contributed by atoms with Crippen molar-refractivity contribution in [2.24, 2.45) is 0 Å². The van der Waals surface area contributed by atoms with E-state index in [-0.39, 0.29) is 18.0 Å². The minimum Gasteiger partial charge on any atom is -0.378 e. The van der Waals surface area contributed by atoms with Crippen LogP contribution in [-0.4, -0.2) is 51.3 Å². The first-order chi connectivity index (χ1) is 10.7. The van der Waals surface area contributed by atoms with Gasteiger partial charge in [0.25, 0.3) is 5.56 Å². The maximum absolute atomic E-state index is 12.5. The monoisotopic (exact) mass is 318 g/mol. The lowest BCUT2D eigenvalue weighted by atomic mass is 10.4. The largest absolute Gasteiger partial charge is 0.378 e. The number of ether oxygens (including phenoxy) is 1. The van der Waals surface area contributed by atoms with E-state index in [2.05, 4.69) is 5.10 Å². The summed E-state index contributed by atoms with van der Waals surface area (Å²) >= 11 is 1.56. The summed E-state index contributed by atoms with van der Waals surface area (Å²) in [5.41, 5.74) is 0.305. The van der Waals surface area contributed by atoms with Crippen LogP contribution in [0, 0.1) is 0 Å². The second kappa shape index (κ2) is 5.22. The van der Waals surface area contributed by atoms with Crippen molar-refractivity contribution in [3.8, 4) is 0 Å². The lowest BCUT2D eigenvalue weighted by Crippen LogP contribution is -2.43. The van der Waals surface area contributed by atoms with E-state index in [1.54, 1.807) is 27.0 Å². The van der Waals surface area contributed by atoms with Crippen LogP contribution in [0.4, 0.5) is 0 Å². The SMILES string of the molecule is O=C(Cn1ncn2c(cc3ccsc32)c1=O)N1CCOCC1. The maximum Gasteiger partial charge on any atom is 0.291 e. The second-order valence-electron chi connectivity index (χ2n) is 5.17. The lowest BCUT2D eigenvalue weighted by molar-refractivity contribution is -0.136. The molecule has 1 aliphatic heterocycles. The molecule has 1 amide bonds. The molecule has 0 saturated carbocycles. The van der Waals surface area contributed by atoms with E-state index in [0.717, 1.165) is 10.2 Å². The molecular weight excluding hydrogens is 304 g/mol. The highest BCUT2D eigenvalue weighted by atomic mass is 32.1. The Morgan fingerprint density at radius 3 is 3.00 bits per heavy atom. The van der Waals surface area contributed by atoms with Crippen LogP contribution < -0.4 is 5.56 Å². The van der Waals surface area contributed by atoms with Crippen LogP contribution in [0.5, 0.6) is 0 Å². The highest BCUT2D eigenvalue weighted by molar-refractivity contribution is 7.16. The molecule has 7 nitrogen and oxygen atoms in total. The van der Waals surface area contributed by atoms with E-state index in [4.69, 9.17) is 4.74 Å². The summed E-state index contributed by atoms with van der Waals surface area (Å²) in [4.78, 5) is 27.4. The van der Waals surface area contributed by atoms with E-state index >= 15 is 0 Å². The van der Waals surface area contributed by atoms with Gasteiger partial charge in [-0.1, -0.05) is 0 Å². The Labute approximate surface area is 129 Å². The van der Waals surface area contributed by atoms with Crippen LogP contribution in [0.1, 0.15) is 0 Å². The van der Waals surface area contributed by atoms with Crippen molar-refractivity contribution in [2.75, 3.05) is 26.3 Å². The molecule has 3 aromatic heterocycles. The summed E-state index contributed by atoms with van der Waals surface area (Å²) in [6.45, 7) is 2.19. The number of aromatic nitrogens is 3. The fraction of sp³-hybridized carbons (Fsp3) is 0.357. The van der Waals surface area contributed by atoms with E-state index in [9.17, 15) is 9.59 Å². The van der Waals surface area contributed by atoms with Gasteiger partial charge < -0.3 is 9.64 Å². The van der Waals surface area contributed by atoms with Crippen LogP contribution in [-0.2, 0) is 16.1 Å². The predicted molar refractivity (Wildman–Crippen MR) is 82.2 cm³/mol. The van der Waals surface area contributed by atoms with Gasteiger partial charge in [0.15, 0.2) is 0 Å². The molecule has 114 valence electrons. The van der Waals surface area contributed by atoms with E-state index < -0.39 is 0 Å². The lowest BCUT2D eigenvalue weighted by Gasteiger charge is -2.26. The average molecular weight is 318 g/mol. The van der Waals surface area contributed by atoms with Crippen molar-refractivity contribution in [3.63, 3.8) is 0 Å². The van der Waals surface area contributed by atoms with Crippen LogP contribution in [0.3, 0.4) is 0 Å². The standard InChI is InChI=1S/C14H14N4O3S/c19-12(16-2-4-21-5-3-16)8-18-13(20)11-7-10-1-6-22-14(10)17(11)9-15-18/h1,6-7,9H,2-5,8H2. The number of carbonyl (C=O) groups is 1. The Hall–Kier alpha value is -2.19. The molecule has 0 aromatic carbocycles. The number of thiophene rings is 1. The van der Waals surface area contributed by atoms with Gasteiger partial charge in [-0.15, -0.1) is 11.3 Å². The first-order valence-electron chi connectivity index (χ1n) is 7.04. The van der Waals surface area contributed by atoms with Gasteiger partial charge in [-0.3, -0.25) is 14.0 Å². The fourth-order valence-electron chi connectivity index (χ4n) is 2.67. The van der Waals surface area contributed by atoms with Gasteiger partial charge in [0.2, 0.25) is 5.91 Å².